The van der Waals surface area contributed by atoms with E-state index in [1.165, 1.54) is 11.3 Å². The summed E-state index contributed by atoms with van der Waals surface area (Å²) in [7, 11) is 0. The van der Waals surface area contributed by atoms with Crippen LogP contribution in [0, 0.1) is 6.92 Å². The summed E-state index contributed by atoms with van der Waals surface area (Å²) in [5, 5.41) is 5.71. The van der Waals surface area contributed by atoms with Crippen LogP contribution in [-0.4, -0.2) is 40.8 Å². The first-order valence-corrected chi connectivity index (χ1v) is 8.53. The number of hydrogen-bond acceptors (Lipinski definition) is 4. The molecule has 2 heterocycles. The average Bonchev–Trinajstić information content (AvgIpc) is 2.95. The number of piperazine rings is 1. The molecule has 1 N–H and O–H groups in total. The Bertz CT molecular complexity index is 699. The molecular formula is C17H19N3O2S. The summed E-state index contributed by atoms with van der Waals surface area (Å²) in [4.78, 5) is 30.9. The lowest BCUT2D eigenvalue weighted by Gasteiger charge is -2.35. The summed E-state index contributed by atoms with van der Waals surface area (Å²) in [6, 6.07) is 9.35. The summed E-state index contributed by atoms with van der Waals surface area (Å²) < 4.78 is 0. The number of amides is 2. The standard InChI is InChI=1S/C17H19N3O2S/c1-12-19-14(11-23-12)10-16(21)20-8-7-18-17(22)15(20)9-13-5-3-2-4-6-13/h2-6,11,15H,7-10H2,1H3,(H,18,22). The van der Waals surface area contributed by atoms with Crippen molar-refractivity contribution >= 4 is 23.2 Å². The molecule has 1 atom stereocenters. The minimum atomic E-state index is -0.446. The third-order valence-electron chi connectivity index (χ3n) is 3.92. The Morgan fingerprint density at radius 2 is 2.17 bits per heavy atom. The average molecular weight is 329 g/mol. The van der Waals surface area contributed by atoms with Crippen molar-refractivity contribution in [2.45, 2.75) is 25.8 Å². The first kappa shape index (κ1) is 15.7. The second kappa shape index (κ2) is 6.91. The predicted octanol–water partition coefficient (Wildman–Crippen LogP) is 1.56. The molecule has 120 valence electrons. The first-order chi connectivity index (χ1) is 11.1. The van der Waals surface area contributed by atoms with Gasteiger partial charge in [-0.2, -0.15) is 0 Å². The van der Waals surface area contributed by atoms with Crippen LogP contribution in [0.25, 0.3) is 0 Å². The van der Waals surface area contributed by atoms with E-state index in [1.54, 1.807) is 4.90 Å². The molecule has 1 aliphatic heterocycles. The van der Waals surface area contributed by atoms with Crippen LogP contribution in [0.5, 0.6) is 0 Å². The van der Waals surface area contributed by atoms with Gasteiger partial charge in [0, 0.05) is 24.9 Å². The van der Waals surface area contributed by atoms with E-state index in [-0.39, 0.29) is 18.2 Å². The molecule has 0 radical (unpaired) electrons. The number of carbonyl (C=O) groups excluding carboxylic acids is 2. The molecular weight excluding hydrogens is 310 g/mol. The molecule has 1 aliphatic rings. The Kier molecular flexibility index (Phi) is 4.71. The maximum absolute atomic E-state index is 12.6. The van der Waals surface area contributed by atoms with Crippen molar-refractivity contribution in [2.24, 2.45) is 0 Å². The summed E-state index contributed by atoms with van der Waals surface area (Å²) in [6.07, 6.45) is 0.789. The van der Waals surface area contributed by atoms with Crippen LogP contribution in [-0.2, 0) is 22.4 Å². The Hall–Kier alpha value is -2.21. The Balaban J connectivity index is 1.74. The molecule has 2 amide bonds. The molecule has 0 spiro atoms. The number of benzene rings is 1. The van der Waals surface area contributed by atoms with Crippen LogP contribution in [0.2, 0.25) is 0 Å². The van der Waals surface area contributed by atoms with E-state index in [0.717, 1.165) is 16.3 Å². The monoisotopic (exact) mass is 329 g/mol. The molecule has 1 fully saturated rings. The van der Waals surface area contributed by atoms with E-state index >= 15 is 0 Å². The fourth-order valence-electron chi connectivity index (χ4n) is 2.80. The molecule has 3 rings (SSSR count). The van der Waals surface area contributed by atoms with Crippen molar-refractivity contribution < 1.29 is 9.59 Å². The van der Waals surface area contributed by atoms with E-state index < -0.39 is 6.04 Å². The smallest absolute Gasteiger partial charge is 0.243 e. The van der Waals surface area contributed by atoms with Crippen LogP contribution >= 0.6 is 11.3 Å². The fraction of sp³-hybridized carbons (Fsp3) is 0.353. The molecule has 0 aliphatic carbocycles. The molecule has 5 nitrogen and oxygen atoms in total. The van der Waals surface area contributed by atoms with E-state index in [2.05, 4.69) is 10.3 Å². The highest BCUT2D eigenvalue weighted by atomic mass is 32.1. The van der Waals surface area contributed by atoms with Gasteiger partial charge in [-0.1, -0.05) is 30.3 Å². The van der Waals surface area contributed by atoms with Crippen LogP contribution in [0.1, 0.15) is 16.3 Å². The van der Waals surface area contributed by atoms with Gasteiger partial charge in [0.1, 0.15) is 6.04 Å². The van der Waals surface area contributed by atoms with Gasteiger partial charge in [0.2, 0.25) is 11.8 Å². The van der Waals surface area contributed by atoms with E-state index in [9.17, 15) is 9.59 Å². The highest BCUT2D eigenvalue weighted by molar-refractivity contribution is 7.09. The first-order valence-electron chi connectivity index (χ1n) is 7.65. The quantitative estimate of drug-likeness (QED) is 0.926. The van der Waals surface area contributed by atoms with Crippen LogP contribution in [0.3, 0.4) is 0 Å². The summed E-state index contributed by atoms with van der Waals surface area (Å²) in [6.45, 7) is 2.97. The van der Waals surface area contributed by atoms with Gasteiger partial charge in [0.15, 0.2) is 0 Å². The number of carbonyl (C=O) groups is 2. The molecule has 1 unspecified atom stereocenters. The number of rotatable bonds is 4. The molecule has 0 saturated carbocycles. The topological polar surface area (TPSA) is 62.3 Å². The fourth-order valence-corrected chi connectivity index (χ4v) is 3.41. The van der Waals surface area contributed by atoms with Gasteiger partial charge in [0.05, 0.1) is 17.1 Å². The second-order valence-electron chi connectivity index (χ2n) is 5.62. The van der Waals surface area contributed by atoms with Crippen molar-refractivity contribution in [2.75, 3.05) is 13.1 Å². The third kappa shape index (κ3) is 3.76. The molecule has 1 saturated heterocycles. The second-order valence-corrected chi connectivity index (χ2v) is 6.68. The Labute approximate surface area is 139 Å². The lowest BCUT2D eigenvalue weighted by molar-refractivity contribution is -0.142. The lowest BCUT2D eigenvalue weighted by Crippen LogP contribution is -2.58. The molecule has 6 heteroatoms. The van der Waals surface area contributed by atoms with Crippen molar-refractivity contribution in [3.63, 3.8) is 0 Å². The molecule has 1 aromatic heterocycles. The largest absolute Gasteiger partial charge is 0.353 e. The number of nitrogens with one attached hydrogen (secondary N) is 1. The molecule has 2 aromatic rings. The summed E-state index contributed by atoms with van der Waals surface area (Å²) >= 11 is 1.54. The maximum atomic E-state index is 12.6. The SMILES string of the molecule is Cc1nc(CC(=O)N2CCNC(=O)C2Cc2ccccc2)cs1. The van der Waals surface area contributed by atoms with Gasteiger partial charge in [-0.3, -0.25) is 9.59 Å². The molecule has 1 aromatic carbocycles. The zero-order chi connectivity index (χ0) is 16.2. The van der Waals surface area contributed by atoms with E-state index in [4.69, 9.17) is 0 Å². The van der Waals surface area contributed by atoms with Gasteiger partial charge in [-0.05, 0) is 12.5 Å². The minimum absolute atomic E-state index is 0.0360. The normalized spacial score (nSPS) is 17.9. The van der Waals surface area contributed by atoms with Crippen molar-refractivity contribution in [1.82, 2.24) is 15.2 Å². The zero-order valence-corrected chi connectivity index (χ0v) is 13.8. The lowest BCUT2D eigenvalue weighted by atomic mass is 10.0. The highest BCUT2D eigenvalue weighted by Crippen LogP contribution is 2.15. The van der Waals surface area contributed by atoms with Crippen LogP contribution in [0.4, 0.5) is 0 Å². The van der Waals surface area contributed by atoms with Crippen molar-refractivity contribution in [1.29, 1.82) is 0 Å². The van der Waals surface area contributed by atoms with E-state index in [0.29, 0.717) is 19.5 Å². The maximum Gasteiger partial charge on any atom is 0.243 e. The number of aromatic nitrogens is 1. The van der Waals surface area contributed by atoms with Gasteiger partial charge in [-0.15, -0.1) is 11.3 Å². The minimum Gasteiger partial charge on any atom is -0.353 e. The van der Waals surface area contributed by atoms with Crippen molar-refractivity contribution in [3.05, 3.63) is 52.0 Å². The van der Waals surface area contributed by atoms with Crippen LogP contribution < -0.4 is 5.32 Å². The number of hydrogen-bond donors (Lipinski definition) is 1. The Morgan fingerprint density at radius 1 is 1.39 bits per heavy atom. The number of thiazole rings is 1. The third-order valence-corrected chi connectivity index (χ3v) is 4.74. The van der Waals surface area contributed by atoms with E-state index in [1.807, 2.05) is 42.6 Å². The van der Waals surface area contributed by atoms with Crippen molar-refractivity contribution in [3.8, 4) is 0 Å². The summed E-state index contributed by atoms with van der Waals surface area (Å²) in [5.41, 5.74) is 1.83. The number of aryl methyl sites for hydroxylation is 1. The predicted molar refractivity (Wildman–Crippen MR) is 89.2 cm³/mol. The summed E-state index contributed by atoms with van der Waals surface area (Å²) in [5.74, 6) is -0.117. The van der Waals surface area contributed by atoms with Crippen LogP contribution in [0.15, 0.2) is 35.7 Å². The van der Waals surface area contributed by atoms with Gasteiger partial charge in [0.25, 0.3) is 0 Å². The Morgan fingerprint density at radius 3 is 2.87 bits per heavy atom. The zero-order valence-electron chi connectivity index (χ0n) is 13.0. The number of nitrogens with zero attached hydrogens (tertiary/aromatic N) is 2. The van der Waals surface area contributed by atoms with Gasteiger partial charge in [-0.25, -0.2) is 4.98 Å². The molecule has 23 heavy (non-hydrogen) atoms. The van der Waals surface area contributed by atoms with Gasteiger partial charge < -0.3 is 10.2 Å². The highest BCUT2D eigenvalue weighted by Gasteiger charge is 2.33. The van der Waals surface area contributed by atoms with Gasteiger partial charge >= 0.3 is 0 Å². The molecule has 0 bridgehead atoms.